The van der Waals surface area contributed by atoms with Crippen LogP contribution in [0.2, 0.25) is 5.02 Å². The second kappa shape index (κ2) is 9.38. The van der Waals surface area contributed by atoms with Gasteiger partial charge in [-0.3, -0.25) is 4.79 Å². The summed E-state index contributed by atoms with van der Waals surface area (Å²) in [7, 11) is 0. The highest BCUT2D eigenvalue weighted by atomic mass is 35.5. The van der Waals surface area contributed by atoms with Gasteiger partial charge in [0.15, 0.2) is 5.78 Å². The topological polar surface area (TPSA) is 20.3 Å². The first kappa shape index (κ1) is 17.5. The van der Waals surface area contributed by atoms with E-state index in [4.69, 9.17) is 11.6 Å². The summed E-state index contributed by atoms with van der Waals surface area (Å²) in [6.07, 6.45) is 7.20. The number of hydrogen-bond acceptors (Lipinski definition) is 2. The predicted octanol–water partition coefficient (Wildman–Crippen LogP) is 4.60. The van der Waals surface area contributed by atoms with Gasteiger partial charge in [0.2, 0.25) is 0 Å². The molecule has 20 heavy (non-hydrogen) atoms. The molecule has 2 rings (SSSR count). The minimum Gasteiger partial charge on any atom is -0.303 e. The first-order valence-corrected chi connectivity index (χ1v) is 7.64. The average Bonchev–Trinajstić information content (AvgIpc) is 2.38. The molecule has 0 amide bonds. The molecule has 1 aliphatic heterocycles. The number of ketones is 1. The van der Waals surface area contributed by atoms with Crippen LogP contribution in [0.3, 0.4) is 0 Å². The van der Waals surface area contributed by atoms with Crippen LogP contribution >= 0.6 is 24.0 Å². The Bertz CT molecular complexity index is 397. The van der Waals surface area contributed by atoms with Gasteiger partial charge in [0.1, 0.15) is 0 Å². The molecule has 1 aromatic rings. The molecule has 0 aliphatic carbocycles. The first-order valence-electron chi connectivity index (χ1n) is 7.27. The van der Waals surface area contributed by atoms with Crippen molar-refractivity contribution in [1.29, 1.82) is 0 Å². The van der Waals surface area contributed by atoms with Crippen LogP contribution in [0.25, 0.3) is 0 Å². The van der Waals surface area contributed by atoms with Crippen molar-refractivity contribution in [2.45, 2.75) is 38.5 Å². The maximum atomic E-state index is 12.1. The Kier molecular flexibility index (Phi) is 8.20. The van der Waals surface area contributed by atoms with Crippen LogP contribution in [-0.4, -0.2) is 30.3 Å². The van der Waals surface area contributed by atoms with Crippen LogP contribution in [0, 0.1) is 0 Å². The summed E-state index contributed by atoms with van der Waals surface area (Å²) < 4.78 is 0. The van der Waals surface area contributed by atoms with E-state index >= 15 is 0 Å². The lowest BCUT2D eigenvalue weighted by atomic mass is 10.1. The van der Waals surface area contributed by atoms with Gasteiger partial charge in [-0.2, -0.15) is 0 Å². The summed E-state index contributed by atoms with van der Waals surface area (Å²) >= 11 is 5.83. The number of halogens is 2. The molecule has 0 spiro atoms. The highest BCUT2D eigenvalue weighted by Gasteiger charge is 2.11. The number of likely N-dealkylation sites (tertiary alicyclic amines) is 1. The highest BCUT2D eigenvalue weighted by molar-refractivity contribution is 6.30. The SMILES string of the molecule is Cl.O=C(CCN1CCCCCCC1)c1ccc(Cl)cc1. The molecule has 0 aromatic heterocycles. The highest BCUT2D eigenvalue weighted by Crippen LogP contribution is 2.13. The van der Waals surface area contributed by atoms with Crippen molar-refractivity contribution in [2.75, 3.05) is 19.6 Å². The Balaban J connectivity index is 0.00000200. The molecule has 1 fully saturated rings. The number of carbonyl (C=O) groups excluding carboxylic acids is 1. The smallest absolute Gasteiger partial charge is 0.164 e. The summed E-state index contributed by atoms with van der Waals surface area (Å²) in [5.74, 6) is 0.221. The standard InChI is InChI=1S/C16H22ClNO.ClH/c17-15-8-6-14(7-9-15)16(19)10-13-18-11-4-2-1-3-5-12-18;/h6-9H,1-5,10-13H2;1H. The van der Waals surface area contributed by atoms with Gasteiger partial charge in [0, 0.05) is 23.6 Å². The molecule has 4 heteroatoms. The zero-order valence-corrected chi connectivity index (χ0v) is 13.4. The molecule has 1 saturated heterocycles. The van der Waals surface area contributed by atoms with E-state index in [-0.39, 0.29) is 18.2 Å². The zero-order valence-electron chi connectivity index (χ0n) is 11.8. The van der Waals surface area contributed by atoms with E-state index in [2.05, 4.69) is 4.90 Å². The molecular weight excluding hydrogens is 293 g/mol. The van der Waals surface area contributed by atoms with Crippen LogP contribution in [0.4, 0.5) is 0 Å². The lowest BCUT2D eigenvalue weighted by molar-refractivity contribution is 0.0962. The van der Waals surface area contributed by atoms with Gasteiger partial charge >= 0.3 is 0 Å². The summed E-state index contributed by atoms with van der Waals surface area (Å²) in [4.78, 5) is 14.5. The van der Waals surface area contributed by atoms with Gasteiger partial charge in [0.25, 0.3) is 0 Å². The van der Waals surface area contributed by atoms with Gasteiger partial charge in [-0.05, 0) is 50.2 Å². The Labute approximate surface area is 132 Å². The van der Waals surface area contributed by atoms with Gasteiger partial charge in [0.05, 0.1) is 0 Å². The molecule has 1 heterocycles. The molecule has 0 unspecified atom stereocenters. The molecule has 112 valence electrons. The van der Waals surface area contributed by atoms with E-state index in [1.807, 2.05) is 12.1 Å². The number of nitrogens with zero attached hydrogens (tertiary/aromatic N) is 1. The number of Topliss-reactive ketones (excluding diaryl/α,β-unsaturated/α-hetero) is 1. The van der Waals surface area contributed by atoms with E-state index < -0.39 is 0 Å². The lowest BCUT2D eigenvalue weighted by Gasteiger charge is -2.24. The van der Waals surface area contributed by atoms with Crippen molar-refractivity contribution >= 4 is 29.8 Å². The van der Waals surface area contributed by atoms with Crippen LogP contribution in [0.15, 0.2) is 24.3 Å². The van der Waals surface area contributed by atoms with Crippen LogP contribution in [0.1, 0.15) is 48.9 Å². The lowest BCUT2D eigenvalue weighted by Crippen LogP contribution is -2.29. The molecule has 0 saturated carbocycles. The fourth-order valence-electron chi connectivity index (χ4n) is 2.58. The van der Waals surface area contributed by atoms with Crippen molar-refractivity contribution in [3.63, 3.8) is 0 Å². The minimum absolute atomic E-state index is 0. The van der Waals surface area contributed by atoms with Gasteiger partial charge in [-0.25, -0.2) is 0 Å². The largest absolute Gasteiger partial charge is 0.303 e. The van der Waals surface area contributed by atoms with Crippen molar-refractivity contribution in [1.82, 2.24) is 4.90 Å². The number of carbonyl (C=O) groups is 1. The summed E-state index contributed by atoms with van der Waals surface area (Å²) in [6, 6.07) is 7.20. The number of hydrogen-bond donors (Lipinski definition) is 0. The summed E-state index contributed by atoms with van der Waals surface area (Å²) in [5.41, 5.74) is 0.774. The van der Waals surface area contributed by atoms with Crippen LogP contribution < -0.4 is 0 Å². The first-order chi connectivity index (χ1) is 9.25. The molecule has 0 atom stereocenters. The van der Waals surface area contributed by atoms with E-state index in [9.17, 15) is 4.79 Å². The molecule has 0 N–H and O–H groups in total. The molecule has 1 aromatic carbocycles. The quantitative estimate of drug-likeness (QED) is 0.757. The van der Waals surface area contributed by atoms with Crippen molar-refractivity contribution in [3.05, 3.63) is 34.9 Å². The number of benzene rings is 1. The van der Waals surface area contributed by atoms with Gasteiger partial charge in [-0.15, -0.1) is 12.4 Å². The van der Waals surface area contributed by atoms with Gasteiger partial charge < -0.3 is 4.90 Å². The summed E-state index contributed by atoms with van der Waals surface area (Å²) in [6.45, 7) is 3.18. The van der Waals surface area contributed by atoms with Crippen molar-refractivity contribution in [2.24, 2.45) is 0 Å². The Morgan fingerprint density at radius 3 is 2.15 bits per heavy atom. The zero-order chi connectivity index (χ0) is 13.5. The predicted molar refractivity (Wildman–Crippen MR) is 87.2 cm³/mol. The maximum absolute atomic E-state index is 12.1. The van der Waals surface area contributed by atoms with E-state index in [0.29, 0.717) is 11.4 Å². The van der Waals surface area contributed by atoms with Crippen molar-refractivity contribution < 1.29 is 4.79 Å². The fourth-order valence-corrected chi connectivity index (χ4v) is 2.70. The molecule has 0 bridgehead atoms. The normalized spacial score (nSPS) is 16.9. The minimum atomic E-state index is 0. The Hall–Kier alpha value is -0.570. The molecule has 0 radical (unpaired) electrons. The third kappa shape index (κ3) is 5.82. The monoisotopic (exact) mass is 315 g/mol. The average molecular weight is 316 g/mol. The third-order valence-corrected chi connectivity index (χ3v) is 4.02. The van der Waals surface area contributed by atoms with Crippen LogP contribution in [0.5, 0.6) is 0 Å². The third-order valence-electron chi connectivity index (χ3n) is 3.77. The Morgan fingerprint density at radius 1 is 1.00 bits per heavy atom. The second-order valence-electron chi connectivity index (χ2n) is 5.29. The number of rotatable bonds is 4. The molecule has 1 aliphatic rings. The van der Waals surface area contributed by atoms with Crippen LogP contribution in [-0.2, 0) is 0 Å². The second-order valence-corrected chi connectivity index (χ2v) is 5.73. The maximum Gasteiger partial charge on any atom is 0.164 e. The van der Waals surface area contributed by atoms with Gasteiger partial charge in [-0.1, -0.05) is 30.9 Å². The summed E-state index contributed by atoms with van der Waals surface area (Å²) in [5, 5.41) is 0.681. The molecule has 2 nitrogen and oxygen atoms in total. The van der Waals surface area contributed by atoms with Crippen molar-refractivity contribution in [3.8, 4) is 0 Å². The van der Waals surface area contributed by atoms with E-state index in [1.54, 1.807) is 12.1 Å². The molecular formula is C16H23Cl2NO. The van der Waals surface area contributed by atoms with E-state index in [1.165, 1.54) is 32.1 Å². The Morgan fingerprint density at radius 2 is 1.55 bits per heavy atom. The van der Waals surface area contributed by atoms with E-state index in [0.717, 1.165) is 25.2 Å². The fraction of sp³-hybridized carbons (Fsp3) is 0.562.